The summed E-state index contributed by atoms with van der Waals surface area (Å²) in [5, 5.41) is 10.6. The van der Waals surface area contributed by atoms with E-state index in [9.17, 15) is 5.11 Å². The van der Waals surface area contributed by atoms with Crippen LogP contribution < -0.4 is 18.9 Å². The normalized spacial score (nSPS) is 16.5. The zero-order chi connectivity index (χ0) is 19.2. The average Bonchev–Trinajstić information content (AvgIpc) is 2.68. The van der Waals surface area contributed by atoms with E-state index in [-0.39, 0.29) is 0 Å². The molecule has 0 radical (unpaired) electrons. The highest BCUT2D eigenvalue weighted by molar-refractivity contribution is 5.51. The molecular formula is C21H27NO5. The lowest BCUT2D eigenvalue weighted by Crippen LogP contribution is -2.36. The van der Waals surface area contributed by atoms with Gasteiger partial charge in [0.1, 0.15) is 29.6 Å². The summed E-state index contributed by atoms with van der Waals surface area (Å²) in [6, 6.07) is 11.3. The Morgan fingerprint density at radius 2 is 1.59 bits per heavy atom. The molecule has 2 aromatic rings. The second kappa shape index (κ2) is 8.97. The molecule has 0 saturated carbocycles. The quantitative estimate of drug-likeness (QED) is 0.768. The third-order valence-electron chi connectivity index (χ3n) is 4.67. The molecule has 0 aromatic heterocycles. The molecule has 0 amide bonds. The number of hydrogen-bond acceptors (Lipinski definition) is 6. The molecule has 1 N–H and O–H groups in total. The SMILES string of the molecule is CCOc1ccc(OCCN2Cc3c(OC)ccc(OC)c3C(O)C2)cc1. The minimum atomic E-state index is -0.621. The molecule has 0 spiro atoms. The van der Waals surface area contributed by atoms with Gasteiger partial charge in [0, 0.05) is 30.8 Å². The van der Waals surface area contributed by atoms with Gasteiger partial charge >= 0.3 is 0 Å². The lowest BCUT2D eigenvalue weighted by Gasteiger charge is -2.33. The van der Waals surface area contributed by atoms with Gasteiger partial charge in [0.25, 0.3) is 0 Å². The van der Waals surface area contributed by atoms with Crippen molar-refractivity contribution in [2.24, 2.45) is 0 Å². The Labute approximate surface area is 160 Å². The van der Waals surface area contributed by atoms with Crippen LogP contribution in [0.15, 0.2) is 36.4 Å². The van der Waals surface area contributed by atoms with Crippen LogP contribution in [0.25, 0.3) is 0 Å². The van der Waals surface area contributed by atoms with Crippen molar-refractivity contribution < 1.29 is 24.1 Å². The highest BCUT2D eigenvalue weighted by Gasteiger charge is 2.29. The van der Waals surface area contributed by atoms with Gasteiger partial charge in [-0.15, -0.1) is 0 Å². The van der Waals surface area contributed by atoms with Gasteiger partial charge in [0.05, 0.1) is 26.9 Å². The monoisotopic (exact) mass is 373 g/mol. The first-order valence-electron chi connectivity index (χ1n) is 9.16. The molecule has 0 saturated heterocycles. The standard InChI is InChI=1S/C21H27NO5/c1-4-26-15-5-7-16(8-6-15)27-12-11-22-13-17-19(24-2)9-10-20(25-3)21(17)18(23)14-22/h5-10,18,23H,4,11-14H2,1-3H3. The lowest BCUT2D eigenvalue weighted by atomic mass is 9.95. The third kappa shape index (κ3) is 4.46. The average molecular weight is 373 g/mol. The fraction of sp³-hybridized carbons (Fsp3) is 0.429. The van der Waals surface area contributed by atoms with Crippen LogP contribution >= 0.6 is 0 Å². The minimum Gasteiger partial charge on any atom is -0.496 e. The van der Waals surface area contributed by atoms with Crippen molar-refractivity contribution in [1.82, 2.24) is 4.90 Å². The Balaban J connectivity index is 1.61. The summed E-state index contributed by atoms with van der Waals surface area (Å²) in [7, 11) is 3.26. The maximum Gasteiger partial charge on any atom is 0.125 e. The summed E-state index contributed by atoms with van der Waals surface area (Å²) in [4.78, 5) is 2.16. The number of methoxy groups -OCH3 is 2. The van der Waals surface area contributed by atoms with Crippen LogP contribution in [-0.4, -0.2) is 50.5 Å². The number of fused-ring (bicyclic) bond motifs is 1. The molecule has 0 bridgehead atoms. The van der Waals surface area contributed by atoms with Crippen molar-refractivity contribution in [3.8, 4) is 23.0 Å². The number of nitrogens with zero attached hydrogens (tertiary/aromatic N) is 1. The van der Waals surface area contributed by atoms with Gasteiger partial charge in [-0.05, 0) is 43.3 Å². The van der Waals surface area contributed by atoms with E-state index in [2.05, 4.69) is 4.90 Å². The fourth-order valence-corrected chi connectivity index (χ4v) is 3.41. The van der Waals surface area contributed by atoms with Gasteiger partial charge in [-0.1, -0.05) is 0 Å². The number of aliphatic hydroxyl groups is 1. The first kappa shape index (κ1) is 19.3. The van der Waals surface area contributed by atoms with Gasteiger partial charge in [-0.3, -0.25) is 4.90 Å². The topological polar surface area (TPSA) is 60.4 Å². The molecular weight excluding hydrogens is 346 g/mol. The van der Waals surface area contributed by atoms with Crippen LogP contribution in [0.2, 0.25) is 0 Å². The number of rotatable bonds is 8. The zero-order valence-electron chi connectivity index (χ0n) is 16.1. The molecule has 3 rings (SSSR count). The summed E-state index contributed by atoms with van der Waals surface area (Å²) in [6.45, 7) is 5.04. The Kier molecular flexibility index (Phi) is 6.42. The smallest absolute Gasteiger partial charge is 0.125 e. The molecule has 1 unspecified atom stereocenters. The maximum absolute atomic E-state index is 10.6. The van der Waals surface area contributed by atoms with Gasteiger partial charge in [0.2, 0.25) is 0 Å². The van der Waals surface area contributed by atoms with Crippen molar-refractivity contribution in [2.75, 3.05) is 40.5 Å². The van der Waals surface area contributed by atoms with Crippen LogP contribution in [0.5, 0.6) is 23.0 Å². The second-order valence-corrected chi connectivity index (χ2v) is 6.37. The molecule has 1 aliphatic rings. The van der Waals surface area contributed by atoms with E-state index < -0.39 is 6.10 Å². The molecule has 146 valence electrons. The molecule has 6 nitrogen and oxygen atoms in total. The second-order valence-electron chi connectivity index (χ2n) is 6.37. The Morgan fingerprint density at radius 1 is 0.963 bits per heavy atom. The molecule has 0 aliphatic carbocycles. The summed E-state index contributed by atoms with van der Waals surface area (Å²) < 4.78 is 22.2. The third-order valence-corrected chi connectivity index (χ3v) is 4.67. The summed E-state index contributed by atoms with van der Waals surface area (Å²) in [6.07, 6.45) is -0.621. The molecule has 0 fully saturated rings. The van der Waals surface area contributed by atoms with Crippen molar-refractivity contribution in [1.29, 1.82) is 0 Å². The van der Waals surface area contributed by atoms with E-state index in [1.165, 1.54) is 0 Å². The number of aliphatic hydroxyl groups excluding tert-OH is 1. The van der Waals surface area contributed by atoms with Gasteiger partial charge in [-0.2, -0.15) is 0 Å². The molecule has 1 heterocycles. The van der Waals surface area contributed by atoms with E-state index in [1.54, 1.807) is 14.2 Å². The number of benzene rings is 2. The van der Waals surface area contributed by atoms with Crippen molar-refractivity contribution in [3.63, 3.8) is 0 Å². The lowest BCUT2D eigenvalue weighted by molar-refractivity contribution is 0.0795. The van der Waals surface area contributed by atoms with E-state index in [1.807, 2.05) is 43.3 Å². The van der Waals surface area contributed by atoms with Crippen molar-refractivity contribution in [2.45, 2.75) is 19.6 Å². The van der Waals surface area contributed by atoms with E-state index in [4.69, 9.17) is 18.9 Å². The van der Waals surface area contributed by atoms with Crippen LogP contribution in [0.1, 0.15) is 24.2 Å². The first-order valence-corrected chi connectivity index (χ1v) is 9.16. The van der Waals surface area contributed by atoms with Crippen molar-refractivity contribution >= 4 is 0 Å². The maximum atomic E-state index is 10.6. The Morgan fingerprint density at radius 3 is 2.22 bits per heavy atom. The predicted molar refractivity (Wildman–Crippen MR) is 103 cm³/mol. The van der Waals surface area contributed by atoms with E-state index >= 15 is 0 Å². The molecule has 1 atom stereocenters. The van der Waals surface area contributed by atoms with Gasteiger partial charge in [-0.25, -0.2) is 0 Å². The summed E-state index contributed by atoms with van der Waals surface area (Å²) in [5.41, 5.74) is 1.79. The summed E-state index contributed by atoms with van der Waals surface area (Å²) >= 11 is 0. The van der Waals surface area contributed by atoms with Crippen LogP contribution in [-0.2, 0) is 6.54 Å². The Hall–Kier alpha value is -2.44. The highest BCUT2D eigenvalue weighted by Crippen LogP contribution is 2.39. The fourth-order valence-electron chi connectivity index (χ4n) is 3.41. The van der Waals surface area contributed by atoms with Gasteiger partial charge in [0.15, 0.2) is 0 Å². The van der Waals surface area contributed by atoms with Crippen molar-refractivity contribution in [3.05, 3.63) is 47.5 Å². The first-order chi connectivity index (χ1) is 13.2. The van der Waals surface area contributed by atoms with E-state index in [0.29, 0.717) is 38.6 Å². The molecule has 2 aromatic carbocycles. The minimum absolute atomic E-state index is 0.530. The highest BCUT2D eigenvalue weighted by atomic mass is 16.5. The van der Waals surface area contributed by atoms with Crippen LogP contribution in [0.3, 0.4) is 0 Å². The van der Waals surface area contributed by atoms with Crippen LogP contribution in [0.4, 0.5) is 0 Å². The molecule has 1 aliphatic heterocycles. The zero-order valence-corrected chi connectivity index (χ0v) is 16.1. The van der Waals surface area contributed by atoms with Gasteiger partial charge < -0.3 is 24.1 Å². The Bertz CT molecular complexity index is 747. The van der Waals surface area contributed by atoms with Crippen LogP contribution in [0, 0.1) is 0 Å². The molecule has 6 heteroatoms. The number of hydrogen-bond donors (Lipinski definition) is 1. The largest absolute Gasteiger partial charge is 0.496 e. The molecule has 27 heavy (non-hydrogen) atoms. The van der Waals surface area contributed by atoms with E-state index in [0.717, 1.165) is 28.4 Å². The predicted octanol–water partition coefficient (Wildman–Crippen LogP) is 3.03. The number of ether oxygens (including phenoxy) is 4. The number of β-amino-alcohol motifs (C(OH)–C–C–N with tert-alkyl or cyclic N) is 1. The summed E-state index contributed by atoms with van der Waals surface area (Å²) in [5.74, 6) is 3.10.